The first-order valence-corrected chi connectivity index (χ1v) is 14.8. The summed E-state index contributed by atoms with van der Waals surface area (Å²) in [5.41, 5.74) is 1.26. The lowest BCUT2D eigenvalue weighted by Crippen LogP contribution is -2.54. The summed E-state index contributed by atoms with van der Waals surface area (Å²) in [5, 5.41) is 15.4. The van der Waals surface area contributed by atoms with Crippen molar-refractivity contribution in [3.8, 4) is 11.5 Å². The lowest BCUT2D eigenvalue weighted by Gasteiger charge is -2.38. The monoisotopic (exact) mass is 567 g/mol. The maximum atomic E-state index is 14.1. The minimum Gasteiger partial charge on any atom is -0.497 e. The Morgan fingerprint density at radius 1 is 1.02 bits per heavy atom. The molecule has 3 amide bonds. The molecule has 6 atom stereocenters. The van der Waals surface area contributed by atoms with Gasteiger partial charge in [0.05, 0.1) is 30.3 Å². The quantitative estimate of drug-likeness (QED) is 0.354. The van der Waals surface area contributed by atoms with E-state index in [1.54, 1.807) is 72.3 Å². The zero-order valence-electron chi connectivity index (χ0n) is 23.1. The number of hydrogen-bond acceptors (Lipinski definition) is 7. The Kier molecular flexibility index (Phi) is 8.28. The predicted molar refractivity (Wildman–Crippen MR) is 155 cm³/mol. The molecule has 5 rings (SSSR count). The van der Waals surface area contributed by atoms with Crippen LogP contribution < -0.4 is 20.1 Å². The second-order valence-corrected chi connectivity index (χ2v) is 12.2. The van der Waals surface area contributed by atoms with Crippen molar-refractivity contribution in [2.75, 3.05) is 37.5 Å². The third kappa shape index (κ3) is 4.92. The van der Waals surface area contributed by atoms with Crippen molar-refractivity contribution in [3.05, 3.63) is 48.5 Å². The van der Waals surface area contributed by atoms with E-state index in [0.29, 0.717) is 43.1 Å². The number of hydrogen-bond donors (Lipinski definition) is 3. The molecular weight excluding hydrogens is 530 g/mol. The van der Waals surface area contributed by atoms with Crippen LogP contribution in [-0.2, 0) is 14.4 Å². The maximum Gasteiger partial charge on any atom is 0.248 e. The van der Waals surface area contributed by atoms with Gasteiger partial charge < -0.3 is 30.1 Å². The number of aliphatic hydroxyl groups is 1. The van der Waals surface area contributed by atoms with Crippen molar-refractivity contribution in [2.24, 2.45) is 17.8 Å². The molecule has 2 aromatic rings. The number of ether oxygens (including phenoxy) is 2. The van der Waals surface area contributed by atoms with E-state index in [-0.39, 0.29) is 35.5 Å². The predicted octanol–water partition coefficient (Wildman–Crippen LogP) is 3.78. The maximum absolute atomic E-state index is 14.1. The summed E-state index contributed by atoms with van der Waals surface area (Å²) in [4.78, 5) is 43.5. The summed E-state index contributed by atoms with van der Waals surface area (Å²) < 4.78 is 10.0. The van der Waals surface area contributed by atoms with Crippen LogP contribution in [0.3, 0.4) is 0 Å². The van der Waals surface area contributed by atoms with Crippen LogP contribution in [0.15, 0.2) is 48.5 Å². The Balaban J connectivity index is 1.43. The number of nitrogens with one attached hydrogen (secondary N) is 2. The van der Waals surface area contributed by atoms with Crippen LogP contribution in [0.2, 0.25) is 0 Å². The molecule has 3 unspecified atom stereocenters. The van der Waals surface area contributed by atoms with E-state index in [1.165, 1.54) is 0 Å². The summed E-state index contributed by atoms with van der Waals surface area (Å²) in [6.45, 7) is 4.93. The second-order valence-electron chi connectivity index (χ2n) is 10.7. The molecule has 2 bridgehead atoms. The molecule has 3 saturated heterocycles. The van der Waals surface area contributed by atoms with Crippen LogP contribution in [0.5, 0.6) is 11.5 Å². The number of benzene rings is 2. The number of likely N-dealkylation sites (tertiary alicyclic amines) is 1. The molecule has 3 aliphatic rings. The van der Waals surface area contributed by atoms with Crippen molar-refractivity contribution < 1.29 is 29.0 Å². The van der Waals surface area contributed by atoms with Crippen molar-refractivity contribution in [1.82, 2.24) is 4.90 Å². The third-order valence-electron chi connectivity index (χ3n) is 8.39. The molecule has 40 heavy (non-hydrogen) atoms. The highest BCUT2D eigenvalue weighted by atomic mass is 32.2. The van der Waals surface area contributed by atoms with Gasteiger partial charge in [0.25, 0.3) is 0 Å². The first-order chi connectivity index (χ1) is 19.3. The largest absolute Gasteiger partial charge is 0.497 e. The fourth-order valence-corrected chi connectivity index (χ4v) is 9.09. The molecule has 9 nitrogen and oxygen atoms in total. The van der Waals surface area contributed by atoms with Crippen LogP contribution in [0.4, 0.5) is 11.4 Å². The van der Waals surface area contributed by atoms with Crippen molar-refractivity contribution >= 4 is 40.9 Å². The molecule has 1 spiro atoms. The number of amides is 3. The zero-order chi connectivity index (χ0) is 28.4. The first kappa shape index (κ1) is 28.3. The van der Waals surface area contributed by atoms with Crippen LogP contribution in [0, 0.1) is 17.8 Å². The Bertz CT molecular complexity index is 1240. The Morgan fingerprint density at radius 2 is 1.65 bits per heavy atom. The molecule has 0 radical (unpaired) electrons. The molecule has 0 aromatic heterocycles. The number of carbonyl (C=O) groups excluding carboxylic acids is 3. The van der Waals surface area contributed by atoms with Crippen LogP contribution >= 0.6 is 11.8 Å². The summed E-state index contributed by atoms with van der Waals surface area (Å²) in [5.74, 6) is -0.272. The zero-order valence-corrected chi connectivity index (χ0v) is 23.9. The van der Waals surface area contributed by atoms with Crippen molar-refractivity contribution in [3.63, 3.8) is 0 Å². The van der Waals surface area contributed by atoms with Gasteiger partial charge in [0.2, 0.25) is 17.7 Å². The molecule has 214 valence electrons. The van der Waals surface area contributed by atoms with E-state index >= 15 is 0 Å². The van der Waals surface area contributed by atoms with E-state index in [0.717, 1.165) is 12.2 Å². The van der Waals surface area contributed by atoms with E-state index in [9.17, 15) is 19.5 Å². The fraction of sp³-hybridized carbons (Fsp3) is 0.500. The van der Waals surface area contributed by atoms with Crippen molar-refractivity contribution in [1.29, 1.82) is 0 Å². The molecule has 2 aromatic carbocycles. The number of nitrogens with zero attached hydrogens (tertiary/aromatic N) is 1. The number of methoxy groups -OCH3 is 1. The molecule has 0 aliphatic carbocycles. The van der Waals surface area contributed by atoms with Gasteiger partial charge >= 0.3 is 0 Å². The number of unbranched alkanes of at least 4 members (excludes halogenated alkanes) is 1. The average molecular weight is 568 g/mol. The Labute approximate surface area is 239 Å². The van der Waals surface area contributed by atoms with Gasteiger partial charge in [-0.25, -0.2) is 0 Å². The highest BCUT2D eigenvalue weighted by molar-refractivity contribution is 8.02. The third-order valence-corrected chi connectivity index (χ3v) is 10.5. The summed E-state index contributed by atoms with van der Waals surface area (Å²) in [6, 6.07) is 13.6. The highest BCUT2D eigenvalue weighted by Gasteiger charge is 2.75. The second kappa shape index (κ2) is 11.7. The molecule has 0 saturated carbocycles. The average Bonchev–Trinajstić information content (AvgIpc) is 3.54. The number of fused-ring (bicyclic) bond motifs is 1. The van der Waals surface area contributed by atoms with Gasteiger partial charge in [-0.15, -0.1) is 11.8 Å². The van der Waals surface area contributed by atoms with Crippen LogP contribution in [-0.4, -0.2) is 70.6 Å². The van der Waals surface area contributed by atoms with Gasteiger partial charge in [-0.1, -0.05) is 6.92 Å². The molecule has 3 heterocycles. The lowest BCUT2D eigenvalue weighted by atomic mass is 9.66. The molecule has 10 heteroatoms. The van der Waals surface area contributed by atoms with Gasteiger partial charge in [-0.2, -0.15) is 0 Å². The summed E-state index contributed by atoms with van der Waals surface area (Å²) >= 11 is 1.64. The number of aliphatic hydroxyl groups excluding tert-OH is 1. The Hall–Kier alpha value is -3.24. The highest BCUT2D eigenvalue weighted by Crippen LogP contribution is 2.68. The Morgan fingerprint density at radius 3 is 2.25 bits per heavy atom. The van der Waals surface area contributed by atoms with Gasteiger partial charge in [-0.3, -0.25) is 14.4 Å². The SMILES string of the molecule is CCOc1ccc(NC(=O)[C@@H]2[C@@H]3CC(C)C4(S3)C(C(=O)Nc3ccc(OC)cc3)N(CCCCO)C(=O)[C@H]24)cc1. The number of carbonyl (C=O) groups is 3. The molecule has 3 N–H and O–H groups in total. The minimum atomic E-state index is -0.723. The smallest absolute Gasteiger partial charge is 0.248 e. The molecule has 3 aliphatic heterocycles. The van der Waals surface area contributed by atoms with Gasteiger partial charge in [0.15, 0.2) is 0 Å². The van der Waals surface area contributed by atoms with E-state index < -0.39 is 22.6 Å². The standard InChI is InChI=1S/C30H37N3O6S/c1-4-39-22-13-9-19(10-14-22)31-27(35)24-23-17-18(2)30(40-23)25(24)29(37)33(15-5-6-16-34)26(30)28(36)32-20-7-11-21(38-3)12-8-20/h7-14,18,23-26,34H,4-6,15-17H2,1-3H3,(H,31,35)(H,32,36)/t18?,23-,24+,25-,26?,30?/m0/s1. The van der Waals surface area contributed by atoms with Gasteiger partial charge in [0.1, 0.15) is 17.5 Å². The number of anilines is 2. The topological polar surface area (TPSA) is 117 Å². The van der Waals surface area contributed by atoms with Gasteiger partial charge in [0, 0.05) is 29.8 Å². The summed E-state index contributed by atoms with van der Waals surface area (Å²) in [6.07, 6.45) is 1.86. The van der Waals surface area contributed by atoms with E-state index in [4.69, 9.17) is 9.47 Å². The summed E-state index contributed by atoms with van der Waals surface area (Å²) in [7, 11) is 1.58. The van der Waals surface area contributed by atoms with Gasteiger partial charge in [-0.05, 0) is 80.6 Å². The minimum absolute atomic E-state index is 0.0135. The van der Waals surface area contributed by atoms with E-state index in [2.05, 4.69) is 17.6 Å². The lowest BCUT2D eigenvalue weighted by molar-refractivity contribution is -0.138. The first-order valence-electron chi connectivity index (χ1n) is 13.9. The van der Waals surface area contributed by atoms with Crippen molar-refractivity contribution in [2.45, 2.75) is 49.1 Å². The normalized spacial score (nSPS) is 28.4. The van der Waals surface area contributed by atoms with Crippen LogP contribution in [0.1, 0.15) is 33.1 Å². The van der Waals surface area contributed by atoms with Crippen LogP contribution in [0.25, 0.3) is 0 Å². The number of rotatable bonds is 11. The molecular formula is C30H37N3O6S. The fourth-order valence-electron chi connectivity index (χ4n) is 6.67. The molecule has 3 fully saturated rings. The van der Waals surface area contributed by atoms with E-state index in [1.807, 2.05) is 6.92 Å². The number of thioether (sulfide) groups is 1.